The van der Waals surface area contributed by atoms with Gasteiger partial charge in [-0.1, -0.05) is 38.9 Å². The van der Waals surface area contributed by atoms with Gasteiger partial charge in [-0.25, -0.2) is 0 Å². The van der Waals surface area contributed by atoms with Gasteiger partial charge in [-0.3, -0.25) is 0 Å². The molecule has 1 unspecified atom stereocenters. The summed E-state index contributed by atoms with van der Waals surface area (Å²) >= 11 is 1.35. The number of hydrogen-bond donors (Lipinski definition) is 4. The fourth-order valence-corrected chi connectivity index (χ4v) is 1.99. The highest BCUT2D eigenvalue weighted by Crippen LogP contribution is 2.26. The molecule has 0 aliphatic heterocycles. The molecule has 0 heterocycles. The molecule has 0 aliphatic rings. The Morgan fingerprint density at radius 2 is 1.38 bits per heavy atom. The fourth-order valence-electron chi connectivity index (χ4n) is 0.762. The Morgan fingerprint density at radius 3 is 1.38 bits per heavy atom. The third kappa shape index (κ3) is 8.52. The van der Waals surface area contributed by atoms with Gasteiger partial charge in [0, 0.05) is 0 Å². The van der Waals surface area contributed by atoms with Gasteiger partial charge in [0.25, 0.3) is 0 Å². The molecular formula is C11H28AlNO3. The normalized spacial score (nSPS) is 14.0. The minimum atomic E-state index is -1.21. The Labute approximate surface area is 107 Å². The van der Waals surface area contributed by atoms with Crippen molar-refractivity contribution in [2.75, 3.05) is 19.8 Å². The van der Waals surface area contributed by atoms with Crippen LogP contribution in [0.4, 0.5) is 0 Å². The van der Waals surface area contributed by atoms with Crippen LogP contribution in [0, 0.1) is 11.3 Å². The van der Waals surface area contributed by atoms with Gasteiger partial charge in [0.15, 0.2) is 0 Å². The summed E-state index contributed by atoms with van der Waals surface area (Å²) in [5, 5.41) is 26.5. The number of rotatable bonds is 4. The molecule has 0 saturated carbocycles. The molecule has 98 valence electrons. The first-order valence-corrected chi connectivity index (χ1v) is 7.19. The molecule has 16 heavy (non-hydrogen) atoms. The Morgan fingerprint density at radius 1 is 1.06 bits per heavy atom. The van der Waals surface area contributed by atoms with E-state index in [1.165, 1.54) is 21.6 Å². The van der Waals surface area contributed by atoms with E-state index in [9.17, 15) is 0 Å². The van der Waals surface area contributed by atoms with Gasteiger partial charge in [0.2, 0.25) is 16.3 Å². The van der Waals surface area contributed by atoms with Crippen molar-refractivity contribution in [1.29, 1.82) is 0 Å². The van der Waals surface area contributed by atoms with Crippen LogP contribution >= 0.6 is 0 Å². The molecule has 0 bridgehead atoms. The molecule has 4 nitrogen and oxygen atoms in total. The van der Waals surface area contributed by atoms with E-state index in [0.717, 1.165) is 5.92 Å². The van der Waals surface area contributed by atoms with E-state index in [2.05, 4.69) is 27.7 Å². The third-order valence-electron chi connectivity index (χ3n) is 3.04. The Hall–Kier alpha value is 0.372. The van der Waals surface area contributed by atoms with Crippen molar-refractivity contribution in [1.82, 2.24) is 0 Å². The third-order valence-corrected chi connectivity index (χ3v) is 4.26. The van der Waals surface area contributed by atoms with Crippen LogP contribution in [0.3, 0.4) is 0 Å². The summed E-state index contributed by atoms with van der Waals surface area (Å²) in [6.07, 6.45) is 0. The second-order valence-corrected chi connectivity index (χ2v) is 6.33. The molecule has 0 radical (unpaired) electrons. The largest absolute Gasteiger partial charge is 0.394 e. The van der Waals surface area contributed by atoms with Crippen molar-refractivity contribution in [2.45, 2.75) is 38.5 Å². The smallest absolute Gasteiger partial charge is 0.212 e. The first kappa shape index (κ1) is 18.7. The molecular weight excluding hydrogens is 221 g/mol. The van der Waals surface area contributed by atoms with Crippen molar-refractivity contribution in [3.05, 3.63) is 0 Å². The van der Waals surface area contributed by atoms with Crippen molar-refractivity contribution in [3.63, 3.8) is 0 Å². The van der Waals surface area contributed by atoms with Gasteiger partial charge in [-0.05, 0) is 5.41 Å². The van der Waals surface area contributed by atoms with Crippen LogP contribution < -0.4 is 5.73 Å². The van der Waals surface area contributed by atoms with E-state index >= 15 is 0 Å². The van der Waals surface area contributed by atoms with E-state index in [1.807, 2.05) is 0 Å². The van der Waals surface area contributed by atoms with Crippen LogP contribution in [-0.2, 0) is 0 Å². The van der Waals surface area contributed by atoms with Crippen LogP contribution in [0.5, 0.6) is 0 Å². The summed E-state index contributed by atoms with van der Waals surface area (Å²) in [6.45, 7) is 8.08. The second-order valence-electron chi connectivity index (χ2n) is 5.51. The van der Waals surface area contributed by atoms with E-state index < -0.39 is 25.4 Å². The minimum absolute atomic E-state index is 0.403. The molecule has 1 atom stereocenters. The Bertz CT molecular complexity index is 159. The molecule has 5 N–H and O–H groups in total. The van der Waals surface area contributed by atoms with E-state index in [4.69, 9.17) is 21.1 Å². The highest BCUT2D eigenvalue weighted by Gasteiger charge is 2.20. The molecule has 0 aromatic heterocycles. The van der Waals surface area contributed by atoms with Crippen molar-refractivity contribution in [2.24, 2.45) is 17.1 Å². The first-order valence-electron chi connectivity index (χ1n) is 5.78. The van der Waals surface area contributed by atoms with Crippen LogP contribution in [0.15, 0.2) is 0 Å². The topological polar surface area (TPSA) is 86.7 Å². The lowest BCUT2D eigenvalue weighted by Crippen LogP contribution is -2.50. The van der Waals surface area contributed by atoms with E-state index in [-0.39, 0.29) is 0 Å². The molecule has 5 heteroatoms. The highest BCUT2D eigenvalue weighted by atomic mass is 27.0. The van der Waals surface area contributed by atoms with Gasteiger partial charge >= 0.3 is 0 Å². The van der Waals surface area contributed by atoms with Crippen molar-refractivity contribution >= 4 is 16.3 Å². The van der Waals surface area contributed by atoms with Crippen LogP contribution in [-0.4, -0.2) is 57.0 Å². The van der Waals surface area contributed by atoms with Gasteiger partial charge in [0.1, 0.15) is 0 Å². The summed E-state index contributed by atoms with van der Waals surface area (Å²) in [7, 11) is 0. The molecule has 0 saturated heterocycles. The molecule has 0 rings (SSSR count). The first-order chi connectivity index (χ1) is 7.16. The lowest BCUT2D eigenvalue weighted by Gasteiger charge is -2.25. The standard InChI is InChI=1S/C7H15.C4H11NO3.Al.2H/c1-6(2)7(3,4)5;5-4(1-6,2-7)3-8;;;/h6H,1H2,2-5H3;6-8H,1-3,5H2;;;. The zero-order chi connectivity index (χ0) is 13.4. The van der Waals surface area contributed by atoms with Gasteiger partial charge in [-0.15, -0.1) is 0 Å². The lowest BCUT2D eigenvalue weighted by atomic mass is 9.83. The predicted octanol–water partition coefficient (Wildman–Crippen LogP) is -0.619. The van der Waals surface area contributed by atoms with Gasteiger partial charge in [-0.2, -0.15) is 0 Å². The summed E-state index contributed by atoms with van der Waals surface area (Å²) in [4.78, 5) is 0. The average Bonchev–Trinajstić information content (AvgIpc) is 2.26. The second kappa shape index (κ2) is 8.46. The number of nitrogens with two attached hydrogens (primary N) is 1. The maximum atomic E-state index is 8.34. The molecule has 0 aliphatic carbocycles. The van der Waals surface area contributed by atoms with Crippen molar-refractivity contribution in [3.8, 4) is 0 Å². The fraction of sp³-hybridized carbons (Fsp3) is 1.00. The van der Waals surface area contributed by atoms with Crippen LogP contribution in [0.2, 0.25) is 5.28 Å². The van der Waals surface area contributed by atoms with E-state index in [0.29, 0.717) is 5.41 Å². The zero-order valence-corrected chi connectivity index (χ0v) is 13.3. The zero-order valence-electron chi connectivity index (χ0n) is 11.3. The van der Waals surface area contributed by atoms with E-state index in [1.54, 1.807) is 0 Å². The molecule has 0 amide bonds. The SMILES string of the molecule is CC([CH2][AlH2])C(C)(C)C.NC(CO)(CO)CO. The van der Waals surface area contributed by atoms with Crippen LogP contribution in [0.25, 0.3) is 0 Å². The highest BCUT2D eigenvalue weighted by molar-refractivity contribution is 6.08. The molecule has 0 aromatic rings. The number of aliphatic hydroxyl groups excluding tert-OH is 3. The maximum Gasteiger partial charge on any atom is 0.212 e. The summed E-state index contributed by atoms with van der Waals surface area (Å²) in [5.74, 6) is 0.911. The monoisotopic (exact) mass is 249 g/mol. The van der Waals surface area contributed by atoms with Gasteiger partial charge < -0.3 is 21.1 Å². The predicted molar refractivity (Wildman–Crippen MR) is 70.1 cm³/mol. The molecule has 0 spiro atoms. The number of hydrogen-bond acceptors (Lipinski definition) is 4. The van der Waals surface area contributed by atoms with Crippen LogP contribution in [0.1, 0.15) is 27.7 Å². The molecule has 0 aromatic carbocycles. The summed E-state index contributed by atoms with van der Waals surface area (Å²) < 4.78 is 0. The lowest BCUT2D eigenvalue weighted by molar-refractivity contribution is 0.0698. The summed E-state index contributed by atoms with van der Waals surface area (Å²) in [5.41, 5.74) is 4.48. The van der Waals surface area contributed by atoms with Crippen molar-refractivity contribution < 1.29 is 15.3 Å². The Balaban J connectivity index is 0. The maximum absolute atomic E-state index is 8.34. The quantitative estimate of drug-likeness (QED) is 0.500. The summed E-state index contributed by atoms with van der Waals surface area (Å²) in [6, 6.07) is 0. The average molecular weight is 249 g/mol. The minimum Gasteiger partial charge on any atom is -0.394 e. The molecule has 0 fully saturated rings. The van der Waals surface area contributed by atoms with Gasteiger partial charge in [0.05, 0.1) is 25.4 Å². The Kier molecular flexibility index (Phi) is 9.91. The number of aliphatic hydroxyl groups is 3.